The molecule has 1 N–H and O–H groups in total. The van der Waals surface area contributed by atoms with Crippen molar-refractivity contribution in [1.82, 2.24) is 0 Å². The highest BCUT2D eigenvalue weighted by molar-refractivity contribution is 5.43. The first-order chi connectivity index (χ1) is 14.1. The normalized spacial score (nSPS) is 50.1. The van der Waals surface area contributed by atoms with Crippen LogP contribution in [0.2, 0.25) is 0 Å². The molecule has 2 spiro atoms. The maximum absolute atomic E-state index is 7.00. The van der Waals surface area contributed by atoms with E-state index in [0.29, 0.717) is 11.8 Å². The Hall–Kier alpha value is -0.500. The van der Waals surface area contributed by atoms with Gasteiger partial charge in [-0.05, 0) is 49.5 Å². The molecule has 5 atom stereocenters. The Bertz CT molecular complexity index is 723. The van der Waals surface area contributed by atoms with Crippen molar-refractivity contribution < 1.29 is 28.8 Å². The fourth-order valence-electron chi connectivity index (χ4n) is 8.22. The van der Waals surface area contributed by atoms with Crippen LogP contribution in [0.4, 0.5) is 0 Å². The van der Waals surface area contributed by atoms with Crippen molar-refractivity contribution in [2.24, 2.45) is 17.3 Å². The maximum atomic E-state index is 7.00. The lowest BCUT2D eigenvalue weighted by Gasteiger charge is -2.51. The topological polar surface area (TPSA) is 69.7 Å². The number of hydrogen-bond acceptors (Lipinski definition) is 6. The van der Waals surface area contributed by atoms with Gasteiger partial charge >= 0.3 is 0 Å². The second-order valence-electron chi connectivity index (χ2n) is 10.2. The highest BCUT2D eigenvalue weighted by Crippen LogP contribution is 2.74. The van der Waals surface area contributed by atoms with E-state index in [1.165, 1.54) is 12.8 Å². The molecule has 4 aliphatic carbocycles. The number of aliphatic hydroxyl groups excluding tert-OH is 1. The first kappa shape index (κ1) is 19.2. The molecule has 29 heavy (non-hydrogen) atoms. The molecule has 6 fully saturated rings. The highest BCUT2D eigenvalue weighted by Gasteiger charge is 2.80. The van der Waals surface area contributed by atoms with E-state index in [0.717, 1.165) is 72.1 Å². The zero-order valence-corrected chi connectivity index (χ0v) is 17.7. The Morgan fingerprint density at radius 3 is 2.38 bits per heavy atom. The summed E-state index contributed by atoms with van der Waals surface area (Å²) < 4.78 is 31.3. The minimum atomic E-state index is -0.362. The van der Waals surface area contributed by atoms with Gasteiger partial charge in [-0.3, -0.25) is 0 Å². The van der Waals surface area contributed by atoms with Crippen LogP contribution in [0.3, 0.4) is 0 Å². The van der Waals surface area contributed by atoms with Crippen molar-refractivity contribution in [2.45, 2.75) is 81.1 Å². The molecule has 5 unspecified atom stereocenters. The smallest absolute Gasteiger partial charge is 0.174 e. The van der Waals surface area contributed by atoms with Crippen LogP contribution in [0.1, 0.15) is 58.3 Å². The molecular formula is C23H34O6. The third-order valence-electron chi connectivity index (χ3n) is 9.47. The van der Waals surface area contributed by atoms with Gasteiger partial charge in [0, 0.05) is 31.8 Å². The standard InChI is InChI=1S/C22H30O5.CH4O/c1-18-5-3-17-15(16(18)4-7-22(18)25-12-13-26-22)2-6-19-14-20(23-10-11-24-20)8-9-21(17,19)27-19;1-2/h3,15-16H,2,4-14H2,1H3;2H,1H3. The van der Waals surface area contributed by atoms with E-state index < -0.39 is 0 Å². The molecule has 0 radical (unpaired) electrons. The highest BCUT2D eigenvalue weighted by atomic mass is 16.7. The summed E-state index contributed by atoms with van der Waals surface area (Å²) in [5.41, 5.74) is 1.67. The minimum Gasteiger partial charge on any atom is -0.400 e. The van der Waals surface area contributed by atoms with Crippen molar-refractivity contribution in [1.29, 1.82) is 0 Å². The molecule has 0 aromatic rings. The van der Waals surface area contributed by atoms with Crippen molar-refractivity contribution in [3.8, 4) is 0 Å². The van der Waals surface area contributed by atoms with Crippen LogP contribution < -0.4 is 0 Å². The quantitative estimate of drug-likeness (QED) is 0.493. The fraction of sp³-hybridized carbons (Fsp3) is 0.913. The number of epoxide rings is 1. The van der Waals surface area contributed by atoms with Gasteiger partial charge in [-0.25, -0.2) is 0 Å². The van der Waals surface area contributed by atoms with E-state index in [2.05, 4.69) is 13.0 Å². The van der Waals surface area contributed by atoms with Crippen molar-refractivity contribution in [3.05, 3.63) is 11.6 Å². The van der Waals surface area contributed by atoms with Gasteiger partial charge in [-0.2, -0.15) is 0 Å². The number of rotatable bonds is 0. The summed E-state index contributed by atoms with van der Waals surface area (Å²) in [5.74, 6) is 0.589. The molecule has 6 heteroatoms. The minimum absolute atomic E-state index is 0.0229. The van der Waals surface area contributed by atoms with Crippen LogP contribution in [-0.4, -0.2) is 61.4 Å². The summed E-state index contributed by atoms with van der Waals surface area (Å²) in [6.07, 6.45) is 11.2. The second kappa shape index (κ2) is 6.05. The molecular weight excluding hydrogens is 372 g/mol. The van der Waals surface area contributed by atoms with E-state index >= 15 is 0 Å². The van der Waals surface area contributed by atoms with Gasteiger partial charge in [0.25, 0.3) is 0 Å². The molecule has 3 saturated carbocycles. The Balaban J connectivity index is 0.000000803. The number of ether oxygens (including phenoxy) is 5. The van der Waals surface area contributed by atoms with Gasteiger partial charge in [0.05, 0.1) is 26.4 Å². The van der Waals surface area contributed by atoms with Gasteiger partial charge in [0.1, 0.15) is 11.2 Å². The molecule has 3 heterocycles. The first-order valence-corrected chi connectivity index (χ1v) is 11.5. The molecule has 3 saturated heterocycles. The monoisotopic (exact) mass is 406 g/mol. The van der Waals surface area contributed by atoms with Crippen LogP contribution in [-0.2, 0) is 23.7 Å². The van der Waals surface area contributed by atoms with Crippen molar-refractivity contribution in [3.63, 3.8) is 0 Å². The van der Waals surface area contributed by atoms with Crippen LogP contribution in [0.15, 0.2) is 11.6 Å². The molecule has 3 aliphatic heterocycles. The third kappa shape index (κ3) is 2.18. The lowest BCUT2D eigenvalue weighted by atomic mass is 9.54. The molecule has 0 bridgehead atoms. The predicted molar refractivity (Wildman–Crippen MR) is 104 cm³/mol. The molecule has 0 aromatic heterocycles. The van der Waals surface area contributed by atoms with Crippen LogP contribution in [0.25, 0.3) is 0 Å². The summed E-state index contributed by atoms with van der Waals surface area (Å²) in [6.45, 7) is 5.39. The molecule has 162 valence electrons. The van der Waals surface area contributed by atoms with E-state index in [4.69, 9.17) is 28.8 Å². The van der Waals surface area contributed by atoms with Gasteiger partial charge in [-0.15, -0.1) is 0 Å². The average molecular weight is 407 g/mol. The number of hydrogen-bond donors (Lipinski definition) is 1. The van der Waals surface area contributed by atoms with Crippen molar-refractivity contribution in [2.75, 3.05) is 33.5 Å². The summed E-state index contributed by atoms with van der Waals surface area (Å²) in [4.78, 5) is 0. The molecule has 0 amide bonds. The van der Waals surface area contributed by atoms with Gasteiger partial charge in [-0.1, -0.05) is 13.0 Å². The zero-order chi connectivity index (χ0) is 20.0. The summed E-state index contributed by atoms with van der Waals surface area (Å²) >= 11 is 0. The van der Waals surface area contributed by atoms with Gasteiger partial charge in [0.15, 0.2) is 11.6 Å². The van der Waals surface area contributed by atoms with Gasteiger partial charge in [0.2, 0.25) is 0 Å². The largest absolute Gasteiger partial charge is 0.400 e. The Labute approximate surface area is 172 Å². The predicted octanol–water partition coefficient (Wildman–Crippen LogP) is 2.93. The van der Waals surface area contributed by atoms with Gasteiger partial charge < -0.3 is 28.8 Å². The SMILES string of the molecule is CC12CC=C3C(CCC45CC6(CCC34O5)OCCO6)C1CCC21OCCO1.CO. The summed E-state index contributed by atoms with van der Waals surface area (Å²) in [7, 11) is 1.00. The fourth-order valence-corrected chi connectivity index (χ4v) is 8.22. The second-order valence-corrected chi connectivity index (χ2v) is 10.2. The third-order valence-corrected chi connectivity index (χ3v) is 9.47. The number of aliphatic hydroxyl groups is 1. The Kier molecular flexibility index (Phi) is 4.01. The first-order valence-electron chi connectivity index (χ1n) is 11.5. The summed E-state index contributed by atoms with van der Waals surface area (Å²) in [6, 6.07) is 0. The lowest BCUT2D eigenvalue weighted by Crippen LogP contribution is -2.54. The van der Waals surface area contributed by atoms with E-state index in [9.17, 15) is 0 Å². The van der Waals surface area contributed by atoms with Crippen LogP contribution in [0.5, 0.6) is 0 Å². The zero-order valence-electron chi connectivity index (χ0n) is 17.7. The maximum Gasteiger partial charge on any atom is 0.174 e. The van der Waals surface area contributed by atoms with Crippen LogP contribution >= 0.6 is 0 Å². The number of fused-ring (bicyclic) bond motifs is 4. The summed E-state index contributed by atoms with van der Waals surface area (Å²) in [5, 5.41) is 7.00. The van der Waals surface area contributed by atoms with Crippen LogP contribution in [0, 0.1) is 17.3 Å². The lowest BCUT2D eigenvalue weighted by molar-refractivity contribution is -0.228. The van der Waals surface area contributed by atoms with E-state index in [1.807, 2.05) is 0 Å². The number of allylic oxidation sites excluding steroid dienone is 1. The molecule has 7 rings (SSSR count). The molecule has 0 aromatic carbocycles. The average Bonchev–Trinajstić information content (AvgIpc) is 3.10. The molecule has 7 aliphatic rings. The van der Waals surface area contributed by atoms with E-state index in [-0.39, 0.29) is 28.2 Å². The van der Waals surface area contributed by atoms with Crippen molar-refractivity contribution >= 4 is 0 Å². The Morgan fingerprint density at radius 2 is 1.62 bits per heavy atom. The Morgan fingerprint density at radius 1 is 0.897 bits per heavy atom. The molecule has 6 nitrogen and oxygen atoms in total. The van der Waals surface area contributed by atoms with E-state index in [1.54, 1.807) is 5.57 Å².